The number of amides is 1. The highest BCUT2D eigenvalue weighted by atomic mass is 79.9. The van der Waals surface area contributed by atoms with E-state index in [4.69, 9.17) is 4.42 Å². The Morgan fingerprint density at radius 1 is 1.41 bits per heavy atom. The van der Waals surface area contributed by atoms with Gasteiger partial charge in [0.15, 0.2) is 5.76 Å². The maximum absolute atomic E-state index is 12.0. The third kappa shape index (κ3) is 2.69. The molecule has 3 nitrogen and oxygen atoms in total. The Balaban J connectivity index is 2.25. The lowest BCUT2D eigenvalue weighted by atomic mass is 10.1. The van der Waals surface area contributed by atoms with Crippen molar-refractivity contribution in [2.75, 3.05) is 5.33 Å². The molecule has 1 amide bonds. The van der Waals surface area contributed by atoms with Crippen LogP contribution in [0.25, 0.3) is 11.0 Å². The molecule has 0 aliphatic rings. The molecule has 0 aliphatic carbocycles. The highest BCUT2D eigenvalue weighted by molar-refractivity contribution is 9.09. The van der Waals surface area contributed by atoms with Gasteiger partial charge in [0.2, 0.25) is 0 Å². The fourth-order valence-electron chi connectivity index (χ4n) is 1.50. The minimum Gasteiger partial charge on any atom is -0.451 e. The SMILES string of the molecule is CC(C)(CBr)NC(=O)c1cc2ccccc2o1. The van der Waals surface area contributed by atoms with Crippen LogP contribution in [0.3, 0.4) is 0 Å². The molecule has 0 saturated carbocycles. The van der Waals surface area contributed by atoms with Crippen molar-refractivity contribution in [1.82, 2.24) is 5.32 Å². The summed E-state index contributed by atoms with van der Waals surface area (Å²) in [5, 5.41) is 4.53. The Morgan fingerprint density at radius 3 is 2.76 bits per heavy atom. The van der Waals surface area contributed by atoms with Crippen molar-refractivity contribution in [3.8, 4) is 0 Å². The molecular formula is C13H14BrNO2. The van der Waals surface area contributed by atoms with Gasteiger partial charge < -0.3 is 9.73 Å². The molecule has 2 aromatic rings. The lowest BCUT2D eigenvalue weighted by molar-refractivity contribution is 0.0895. The Labute approximate surface area is 108 Å². The summed E-state index contributed by atoms with van der Waals surface area (Å²) in [5.41, 5.74) is 0.435. The summed E-state index contributed by atoms with van der Waals surface area (Å²) in [6, 6.07) is 9.33. The van der Waals surface area contributed by atoms with Crippen LogP contribution < -0.4 is 5.32 Å². The smallest absolute Gasteiger partial charge is 0.287 e. The molecule has 1 aromatic carbocycles. The van der Waals surface area contributed by atoms with Gasteiger partial charge in [-0.25, -0.2) is 0 Å². The zero-order valence-corrected chi connectivity index (χ0v) is 11.4. The fraction of sp³-hybridized carbons (Fsp3) is 0.308. The third-order valence-corrected chi connectivity index (χ3v) is 3.84. The fourth-order valence-corrected chi connectivity index (χ4v) is 1.64. The first kappa shape index (κ1) is 12.2. The predicted octanol–water partition coefficient (Wildman–Crippen LogP) is 3.34. The summed E-state index contributed by atoms with van der Waals surface area (Å²) in [4.78, 5) is 12.0. The number of benzene rings is 1. The summed E-state index contributed by atoms with van der Waals surface area (Å²) >= 11 is 3.36. The number of carbonyl (C=O) groups excluding carboxylic acids is 1. The largest absolute Gasteiger partial charge is 0.451 e. The lowest BCUT2D eigenvalue weighted by Crippen LogP contribution is -2.44. The number of hydrogen-bond donors (Lipinski definition) is 1. The molecule has 90 valence electrons. The van der Waals surface area contributed by atoms with Gasteiger partial charge in [0.25, 0.3) is 5.91 Å². The van der Waals surface area contributed by atoms with E-state index in [2.05, 4.69) is 21.2 Å². The summed E-state index contributed by atoms with van der Waals surface area (Å²) < 4.78 is 5.49. The first-order chi connectivity index (χ1) is 8.02. The monoisotopic (exact) mass is 295 g/mol. The van der Waals surface area contributed by atoms with E-state index in [-0.39, 0.29) is 11.4 Å². The first-order valence-corrected chi connectivity index (χ1v) is 6.51. The topological polar surface area (TPSA) is 42.2 Å². The molecule has 2 rings (SSSR count). The van der Waals surface area contributed by atoms with Crippen molar-refractivity contribution < 1.29 is 9.21 Å². The summed E-state index contributed by atoms with van der Waals surface area (Å²) in [5.74, 6) is 0.158. The van der Waals surface area contributed by atoms with E-state index in [1.54, 1.807) is 6.07 Å². The molecule has 0 spiro atoms. The first-order valence-electron chi connectivity index (χ1n) is 5.39. The molecule has 0 saturated heterocycles. The van der Waals surface area contributed by atoms with Crippen LogP contribution in [0.2, 0.25) is 0 Å². The highest BCUT2D eigenvalue weighted by Crippen LogP contribution is 2.19. The third-order valence-electron chi connectivity index (χ3n) is 2.44. The molecular weight excluding hydrogens is 282 g/mol. The van der Waals surface area contributed by atoms with Gasteiger partial charge >= 0.3 is 0 Å². The van der Waals surface area contributed by atoms with Gasteiger partial charge in [0.1, 0.15) is 5.58 Å². The van der Waals surface area contributed by atoms with Crippen molar-refractivity contribution in [3.63, 3.8) is 0 Å². The van der Waals surface area contributed by atoms with Gasteiger partial charge in [-0.15, -0.1) is 0 Å². The van der Waals surface area contributed by atoms with Gasteiger partial charge in [-0.05, 0) is 26.0 Å². The second-order valence-corrected chi connectivity index (χ2v) is 5.18. The van der Waals surface area contributed by atoms with Gasteiger partial charge in [-0.3, -0.25) is 4.79 Å². The van der Waals surface area contributed by atoms with Crippen molar-refractivity contribution in [1.29, 1.82) is 0 Å². The number of hydrogen-bond acceptors (Lipinski definition) is 2. The molecule has 0 radical (unpaired) electrons. The molecule has 1 aromatic heterocycles. The zero-order valence-electron chi connectivity index (χ0n) is 9.79. The van der Waals surface area contributed by atoms with Gasteiger partial charge in [-0.1, -0.05) is 34.1 Å². The molecule has 1 heterocycles. The van der Waals surface area contributed by atoms with Crippen LogP contribution >= 0.6 is 15.9 Å². The van der Waals surface area contributed by atoms with Crippen molar-refractivity contribution in [2.24, 2.45) is 0 Å². The molecule has 0 bridgehead atoms. The summed E-state index contributed by atoms with van der Waals surface area (Å²) in [6.45, 7) is 3.89. The normalized spacial score (nSPS) is 11.7. The maximum Gasteiger partial charge on any atom is 0.287 e. The predicted molar refractivity (Wildman–Crippen MR) is 71.6 cm³/mol. The van der Waals surface area contributed by atoms with Crippen LogP contribution in [0.4, 0.5) is 0 Å². The van der Waals surface area contributed by atoms with Crippen LogP contribution in [0.15, 0.2) is 34.7 Å². The number of alkyl halides is 1. The molecule has 0 aliphatic heterocycles. The summed E-state index contributed by atoms with van der Waals surface area (Å²) in [7, 11) is 0. The number of carbonyl (C=O) groups is 1. The highest BCUT2D eigenvalue weighted by Gasteiger charge is 2.21. The number of fused-ring (bicyclic) bond motifs is 1. The Hall–Kier alpha value is -1.29. The van der Waals surface area contributed by atoms with Gasteiger partial charge in [-0.2, -0.15) is 0 Å². The van der Waals surface area contributed by atoms with Crippen LogP contribution in [0.1, 0.15) is 24.4 Å². The minimum absolute atomic E-state index is 0.189. The second kappa shape index (κ2) is 4.53. The zero-order chi connectivity index (χ0) is 12.5. The Bertz CT molecular complexity index is 512. The van der Waals surface area contributed by atoms with E-state index in [0.717, 1.165) is 11.0 Å². The number of para-hydroxylation sites is 1. The quantitative estimate of drug-likeness (QED) is 0.883. The van der Waals surface area contributed by atoms with Gasteiger partial charge in [0.05, 0.1) is 0 Å². The van der Waals surface area contributed by atoms with Gasteiger partial charge in [0, 0.05) is 16.3 Å². The molecule has 0 atom stereocenters. The molecule has 4 heteroatoms. The standard InChI is InChI=1S/C13H14BrNO2/c1-13(2,8-14)15-12(16)11-7-9-5-3-4-6-10(9)17-11/h3-7H,8H2,1-2H3,(H,15,16). The average Bonchev–Trinajstić information content (AvgIpc) is 2.72. The molecule has 17 heavy (non-hydrogen) atoms. The van der Waals surface area contributed by atoms with E-state index < -0.39 is 0 Å². The van der Waals surface area contributed by atoms with Crippen molar-refractivity contribution in [2.45, 2.75) is 19.4 Å². The number of rotatable bonds is 3. The molecule has 0 fully saturated rings. The van der Waals surface area contributed by atoms with Crippen LogP contribution in [-0.2, 0) is 0 Å². The maximum atomic E-state index is 12.0. The van der Waals surface area contributed by atoms with E-state index in [9.17, 15) is 4.79 Å². The van der Waals surface area contributed by atoms with Crippen molar-refractivity contribution >= 4 is 32.8 Å². The van der Waals surface area contributed by atoms with Crippen LogP contribution in [-0.4, -0.2) is 16.8 Å². The number of halogens is 1. The molecule has 1 N–H and O–H groups in total. The minimum atomic E-state index is -0.296. The van der Waals surface area contributed by atoms with Crippen LogP contribution in [0.5, 0.6) is 0 Å². The van der Waals surface area contributed by atoms with Crippen molar-refractivity contribution in [3.05, 3.63) is 36.1 Å². The lowest BCUT2D eigenvalue weighted by Gasteiger charge is -2.22. The number of furan rings is 1. The molecule has 0 unspecified atom stereocenters. The Morgan fingerprint density at radius 2 is 2.12 bits per heavy atom. The van der Waals surface area contributed by atoms with E-state index in [1.165, 1.54) is 0 Å². The summed E-state index contributed by atoms with van der Waals surface area (Å²) in [6.07, 6.45) is 0. The van der Waals surface area contributed by atoms with E-state index >= 15 is 0 Å². The van der Waals surface area contributed by atoms with E-state index in [1.807, 2.05) is 38.1 Å². The van der Waals surface area contributed by atoms with E-state index in [0.29, 0.717) is 11.1 Å². The number of nitrogens with one attached hydrogen (secondary N) is 1. The Kier molecular flexibility index (Phi) is 3.24. The second-order valence-electron chi connectivity index (χ2n) is 4.62. The average molecular weight is 296 g/mol. The van der Waals surface area contributed by atoms with Crippen LogP contribution in [0, 0.1) is 0 Å².